The van der Waals surface area contributed by atoms with Crippen LogP contribution in [-0.4, -0.2) is 21.4 Å². The Morgan fingerprint density at radius 2 is 1.87 bits per heavy atom. The van der Waals surface area contributed by atoms with Crippen molar-refractivity contribution in [2.24, 2.45) is 11.8 Å². The van der Waals surface area contributed by atoms with Gasteiger partial charge in [-0.2, -0.15) is 0 Å². The second-order valence-electron chi connectivity index (χ2n) is 11.0. The molecule has 200 valence electrons. The molecular formula is C29H24Cl2FN3O3S. The van der Waals surface area contributed by atoms with Gasteiger partial charge in [-0.1, -0.05) is 34.4 Å². The molecule has 6 nitrogen and oxygen atoms in total. The fraction of sp³-hybridized carbons (Fsp3) is 0.414. The first-order valence-electron chi connectivity index (χ1n) is 13.1. The maximum Gasteiger partial charge on any atom is 0.191 e. The summed E-state index contributed by atoms with van der Waals surface area (Å²) in [5.74, 6) is 0.930. The highest BCUT2D eigenvalue weighted by Crippen LogP contribution is 2.54. The number of rotatable bonds is 6. The Hall–Kier alpha value is -2.54. The van der Waals surface area contributed by atoms with Crippen LogP contribution in [0.3, 0.4) is 0 Å². The fourth-order valence-corrected chi connectivity index (χ4v) is 8.14. The Bertz CT molecular complexity index is 1610. The zero-order valence-electron chi connectivity index (χ0n) is 20.8. The SMILES string of the molecule is [C-]#[N+]c1cc(F)c2nc(C3(O)C[C@H]4CC[C@@H](C3)C4OCc3c(-c4c(Cl)cccc4Cl)noc3C3CC3)sc2c1. The van der Waals surface area contributed by atoms with Crippen LogP contribution in [-0.2, 0) is 16.9 Å². The summed E-state index contributed by atoms with van der Waals surface area (Å²) in [5, 5.41) is 17.7. The van der Waals surface area contributed by atoms with Gasteiger partial charge in [0.15, 0.2) is 5.69 Å². The van der Waals surface area contributed by atoms with Gasteiger partial charge in [0.2, 0.25) is 0 Å². The molecule has 7 rings (SSSR count). The van der Waals surface area contributed by atoms with E-state index in [2.05, 4.69) is 15.0 Å². The fourth-order valence-electron chi connectivity index (χ4n) is 6.44. The van der Waals surface area contributed by atoms with Crippen LogP contribution >= 0.6 is 34.5 Å². The minimum Gasteiger partial charge on any atom is -0.383 e. The van der Waals surface area contributed by atoms with E-state index >= 15 is 0 Å². The summed E-state index contributed by atoms with van der Waals surface area (Å²) in [6.45, 7) is 7.54. The highest BCUT2D eigenvalue weighted by atomic mass is 35.5. The lowest BCUT2D eigenvalue weighted by Crippen LogP contribution is -2.42. The molecule has 0 radical (unpaired) electrons. The molecule has 39 heavy (non-hydrogen) atoms. The molecule has 2 aromatic carbocycles. The maximum absolute atomic E-state index is 14.6. The lowest BCUT2D eigenvalue weighted by atomic mass is 9.76. The second kappa shape index (κ2) is 9.53. The van der Waals surface area contributed by atoms with Gasteiger partial charge in [-0.25, -0.2) is 14.2 Å². The van der Waals surface area contributed by atoms with Crippen LogP contribution < -0.4 is 0 Å². The van der Waals surface area contributed by atoms with E-state index in [-0.39, 0.29) is 29.1 Å². The van der Waals surface area contributed by atoms with Crippen molar-refractivity contribution in [1.82, 2.24) is 10.1 Å². The number of benzene rings is 2. The molecule has 2 heterocycles. The van der Waals surface area contributed by atoms with E-state index in [9.17, 15) is 9.50 Å². The number of aliphatic hydroxyl groups is 1. The van der Waals surface area contributed by atoms with E-state index < -0.39 is 11.4 Å². The largest absolute Gasteiger partial charge is 0.383 e. The summed E-state index contributed by atoms with van der Waals surface area (Å²) in [4.78, 5) is 7.84. The van der Waals surface area contributed by atoms with Crippen molar-refractivity contribution in [3.63, 3.8) is 0 Å². The lowest BCUT2D eigenvalue weighted by Gasteiger charge is -2.40. The quantitative estimate of drug-likeness (QED) is 0.230. The van der Waals surface area contributed by atoms with Crippen LogP contribution in [0.2, 0.25) is 10.0 Å². The van der Waals surface area contributed by atoms with Gasteiger partial charge in [0.05, 0.1) is 29.3 Å². The van der Waals surface area contributed by atoms with E-state index in [0.717, 1.165) is 37.0 Å². The first-order chi connectivity index (χ1) is 18.8. The molecule has 0 spiro atoms. The molecule has 0 saturated heterocycles. The van der Waals surface area contributed by atoms with Crippen LogP contribution in [0.25, 0.3) is 26.3 Å². The Kier molecular flexibility index (Phi) is 6.22. The zero-order valence-corrected chi connectivity index (χ0v) is 23.1. The molecule has 4 aromatic rings. The van der Waals surface area contributed by atoms with Crippen molar-refractivity contribution in [2.45, 2.75) is 62.8 Å². The molecular weight excluding hydrogens is 560 g/mol. The van der Waals surface area contributed by atoms with Crippen molar-refractivity contribution in [3.8, 4) is 11.3 Å². The van der Waals surface area contributed by atoms with Crippen LogP contribution in [0.4, 0.5) is 10.1 Å². The zero-order chi connectivity index (χ0) is 26.9. The summed E-state index contributed by atoms with van der Waals surface area (Å²) in [6.07, 6.45) is 4.96. The third kappa shape index (κ3) is 4.36. The van der Waals surface area contributed by atoms with Gasteiger partial charge < -0.3 is 14.4 Å². The predicted octanol–water partition coefficient (Wildman–Crippen LogP) is 8.42. The van der Waals surface area contributed by atoms with Crippen molar-refractivity contribution >= 4 is 50.4 Å². The summed E-state index contributed by atoms with van der Waals surface area (Å²) >= 11 is 14.3. The van der Waals surface area contributed by atoms with E-state index in [1.165, 1.54) is 17.4 Å². The van der Waals surface area contributed by atoms with Gasteiger partial charge in [0.1, 0.15) is 33.4 Å². The Morgan fingerprint density at radius 3 is 2.54 bits per heavy atom. The molecule has 2 unspecified atom stereocenters. The number of nitrogens with zero attached hydrogens (tertiary/aromatic N) is 3. The number of aromatic nitrogens is 2. The number of ether oxygens (including phenoxy) is 1. The third-order valence-electron chi connectivity index (χ3n) is 8.38. The van der Waals surface area contributed by atoms with Gasteiger partial charge in [0, 0.05) is 21.7 Å². The van der Waals surface area contributed by atoms with Crippen molar-refractivity contribution in [1.29, 1.82) is 0 Å². The minimum absolute atomic E-state index is 0.0263. The second-order valence-corrected chi connectivity index (χ2v) is 12.8. The highest BCUT2D eigenvalue weighted by Gasteiger charge is 2.51. The standard InChI is InChI=1S/C29H24Cl2FN3O3S/c1-33-17-9-21(32)25-22(10-17)39-28(34-25)29(36)11-15-7-8-16(12-29)26(15)37-13-18-24(35-38-27(18)14-5-6-14)23-19(30)3-2-4-20(23)31/h2-4,9-10,14-16,26,36H,5-8,11-13H2/t15-,16+,26?,29?. The van der Waals surface area contributed by atoms with Gasteiger partial charge in [-0.15, -0.1) is 11.3 Å². The molecule has 0 amide bonds. The van der Waals surface area contributed by atoms with Gasteiger partial charge in [0.25, 0.3) is 0 Å². The molecule has 1 N–H and O–H groups in total. The number of hydrogen-bond donors (Lipinski definition) is 1. The van der Waals surface area contributed by atoms with Gasteiger partial charge in [-0.3, -0.25) is 0 Å². The molecule has 3 aliphatic carbocycles. The van der Waals surface area contributed by atoms with E-state index in [1.54, 1.807) is 24.3 Å². The molecule has 2 aromatic heterocycles. The average molecular weight is 585 g/mol. The summed E-state index contributed by atoms with van der Waals surface area (Å²) in [7, 11) is 0. The minimum atomic E-state index is -1.15. The third-order valence-corrected chi connectivity index (χ3v) is 10.2. The van der Waals surface area contributed by atoms with E-state index in [4.69, 9.17) is 39.0 Å². The van der Waals surface area contributed by atoms with Crippen molar-refractivity contribution in [2.75, 3.05) is 0 Å². The molecule has 3 saturated carbocycles. The number of halogens is 3. The number of hydrogen-bond acceptors (Lipinski definition) is 6. The topological polar surface area (TPSA) is 72.7 Å². The van der Waals surface area contributed by atoms with E-state index in [0.29, 0.717) is 56.4 Å². The maximum atomic E-state index is 14.6. The molecule has 3 fully saturated rings. The molecule has 3 aliphatic rings. The molecule has 0 aliphatic heterocycles. The monoisotopic (exact) mass is 583 g/mol. The van der Waals surface area contributed by atoms with Gasteiger partial charge >= 0.3 is 0 Å². The van der Waals surface area contributed by atoms with Gasteiger partial charge in [-0.05, 0) is 74.6 Å². The summed E-state index contributed by atoms with van der Waals surface area (Å²) < 4.78 is 27.6. The van der Waals surface area contributed by atoms with Crippen LogP contribution in [0, 0.1) is 24.2 Å². The molecule has 10 heteroatoms. The van der Waals surface area contributed by atoms with Crippen LogP contribution in [0.1, 0.15) is 60.8 Å². The van der Waals surface area contributed by atoms with Crippen molar-refractivity contribution in [3.05, 3.63) is 73.9 Å². The van der Waals surface area contributed by atoms with E-state index in [1.807, 2.05) is 0 Å². The smallest absolute Gasteiger partial charge is 0.191 e. The normalized spacial score (nSPS) is 26.3. The molecule has 4 atom stereocenters. The number of fused-ring (bicyclic) bond motifs is 3. The first kappa shape index (κ1) is 25.4. The van der Waals surface area contributed by atoms with Crippen LogP contribution in [0.5, 0.6) is 0 Å². The van der Waals surface area contributed by atoms with Crippen molar-refractivity contribution < 1.29 is 18.8 Å². The number of thiazole rings is 1. The summed E-state index contributed by atoms with van der Waals surface area (Å²) in [6, 6.07) is 8.21. The highest BCUT2D eigenvalue weighted by molar-refractivity contribution is 7.18. The van der Waals surface area contributed by atoms with Crippen LogP contribution in [0.15, 0.2) is 34.9 Å². The average Bonchev–Trinajstić information content (AvgIpc) is 3.42. The first-order valence-corrected chi connectivity index (χ1v) is 14.7. The predicted molar refractivity (Wildman–Crippen MR) is 148 cm³/mol. The lowest BCUT2D eigenvalue weighted by molar-refractivity contribution is -0.105. The summed E-state index contributed by atoms with van der Waals surface area (Å²) in [5.41, 5.74) is 1.48. The molecule has 2 bridgehead atoms. The Balaban J connectivity index is 1.14. The Morgan fingerprint density at radius 1 is 1.15 bits per heavy atom. The Labute approximate surface area is 238 Å².